The van der Waals surface area contributed by atoms with Crippen molar-refractivity contribution in [2.45, 2.75) is 5.16 Å². The number of hydrogen-bond acceptors (Lipinski definition) is 6. The fourth-order valence-electron chi connectivity index (χ4n) is 3.15. The van der Waals surface area contributed by atoms with E-state index in [9.17, 15) is 4.79 Å². The average Bonchev–Trinajstić information content (AvgIpc) is 2.69. The van der Waals surface area contributed by atoms with E-state index >= 15 is 0 Å². The summed E-state index contributed by atoms with van der Waals surface area (Å²) in [5.41, 5.74) is 0.685. The summed E-state index contributed by atoms with van der Waals surface area (Å²) in [5.74, 6) is 1.96. The molecule has 0 aliphatic carbocycles. The molecule has 0 bridgehead atoms. The van der Waals surface area contributed by atoms with Crippen molar-refractivity contribution in [2.24, 2.45) is 0 Å². The largest absolute Gasteiger partial charge is 0.354 e. The van der Waals surface area contributed by atoms with Gasteiger partial charge in [0.05, 0.1) is 10.9 Å². The Balaban J connectivity index is 1.29. The van der Waals surface area contributed by atoms with Crippen LogP contribution in [0.4, 0.5) is 5.82 Å². The fraction of sp³-hybridized carbons (Fsp3) is 0.316. The minimum atomic E-state index is -0.0675. The van der Waals surface area contributed by atoms with E-state index in [0.29, 0.717) is 10.5 Å². The standard InChI is InChI=1S/C19H21N5OS/c25-18-15-5-1-2-6-16(15)21-19(22-18)26-14-13-23-9-11-24(12-10-23)17-7-3-4-8-20-17/h1-8H,9-14H2,(H,21,22,25). The molecule has 0 unspecified atom stereocenters. The lowest BCUT2D eigenvalue weighted by molar-refractivity contribution is 0.272. The third kappa shape index (κ3) is 3.89. The number of nitrogens with one attached hydrogen (secondary N) is 1. The molecular formula is C19H21N5OS. The molecular weight excluding hydrogens is 346 g/mol. The van der Waals surface area contributed by atoms with Crippen LogP contribution in [0, 0.1) is 0 Å². The van der Waals surface area contributed by atoms with Gasteiger partial charge < -0.3 is 9.88 Å². The number of H-pyrrole nitrogens is 1. The number of benzene rings is 1. The van der Waals surface area contributed by atoms with Gasteiger partial charge in [0.15, 0.2) is 5.16 Å². The minimum absolute atomic E-state index is 0.0675. The number of para-hydroxylation sites is 1. The summed E-state index contributed by atoms with van der Waals surface area (Å²) in [5, 5.41) is 1.34. The van der Waals surface area contributed by atoms with Gasteiger partial charge in [0, 0.05) is 44.7 Å². The third-order valence-electron chi connectivity index (χ3n) is 4.58. The van der Waals surface area contributed by atoms with E-state index in [1.165, 1.54) is 0 Å². The molecule has 0 atom stereocenters. The predicted octanol–water partition coefficient (Wildman–Crippen LogP) is 2.23. The maximum Gasteiger partial charge on any atom is 0.259 e. The number of nitrogens with zero attached hydrogens (tertiary/aromatic N) is 4. The van der Waals surface area contributed by atoms with E-state index in [4.69, 9.17) is 0 Å². The first-order valence-corrected chi connectivity index (χ1v) is 9.78. The van der Waals surface area contributed by atoms with Gasteiger partial charge in [0.25, 0.3) is 5.56 Å². The van der Waals surface area contributed by atoms with Crippen LogP contribution in [0.5, 0.6) is 0 Å². The Labute approximate surface area is 156 Å². The Morgan fingerprint density at radius 1 is 1.04 bits per heavy atom. The number of aromatic amines is 1. The summed E-state index contributed by atoms with van der Waals surface area (Å²) >= 11 is 1.61. The van der Waals surface area contributed by atoms with Crippen LogP contribution in [-0.2, 0) is 0 Å². The number of rotatable bonds is 5. The molecule has 3 aromatic rings. The lowest BCUT2D eigenvalue weighted by Crippen LogP contribution is -2.47. The highest BCUT2D eigenvalue weighted by atomic mass is 32.2. The number of piperazine rings is 1. The van der Waals surface area contributed by atoms with Crippen LogP contribution in [0.25, 0.3) is 10.9 Å². The van der Waals surface area contributed by atoms with Gasteiger partial charge in [-0.2, -0.15) is 0 Å². The van der Waals surface area contributed by atoms with Crippen molar-refractivity contribution in [1.82, 2.24) is 19.9 Å². The van der Waals surface area contributed by atoms with E-state index in [0.717, 1.165) is 49.8 Å². The number of pyridine rings is 1. The van der Waals surface area contributed by atoms with Gasteiger partial charge in [-0.1, -0.05) is 30.0 Å². The first-order valence-electron chi connectivity index (χ1n) is 8.80. The van der Waals surface area contributed by atoms with Gasteiger partial charge in [0.1, 0.15) is 5.82 Å². The van der Waals surface area contributed by atoms with Crippen LogP contribution >= 0.6 is 11.8 Å². The Bertz CT molecular complexity index is 922. The zero-order valence-electron chi connectivity index (χ0n) is 14.5. The van der Waals surface area contributed by atoms with Crippen molar-refractivity contribution in [1.29, 1.82) is 0 Å². The number of thioether (sulfide) groups is 1. The first kappa shape index (κ1) is 17.1. The molecule has 0 saturated carbocycles. The van der Waals surface area contributed by atoms with Gasteiger partial charge >= 0.3 is 0 Å². The van der Waals surface area contributed by atoms with E-state index in [2.05, 4.69) is 30.8 Å². The van der Waals surface area contributed by atoms with E-state index in [1.807, 2.05) is 36.5 Å². The second kappa shape index (κ2) is 7.88. The predicted molar refractivity (Wildman–Crippen MR) is 106 cm³/mol. The maximum absolute atomic E-state index is 12.1. The maximum atomic E-state index is 12.1. The molecule has 1 fully saturated rings. The molecule has 0 spiro atoms. The number of anilines is 1. The van der Waals surface area contributed by atoms with Crippen LogP contribution in [0.1, 0.15) is 0 Å². The molecule has 4 rings (SSSR count). The van der Waals surface area contributed by atoms with Crippen molar-refractivity contribution >= 4 is 28.5 Å². The first-order chi connectivity index (χ1) is 12.8. The van der Waals surface area contributed by atoms with Crippen LogP contribution in [0.15, 0.2) is 58.6 Å². The molecule has 1 aliphatic rings. The van der Waals surface area contributed by atoms with Crippen molar-refractivity contribution in [2.75, 3.05) is 43.4 Å². The van der Waals surface area contributed by atoms with Crippen molar-refractivity contribution < 1.29 is 0 Å². The van der Waals surface area contributed by atoms with Gasteiger partial charge in [-0.05, 0) is 24.3 Å². The summed E-state index contributed by atoms with van der Waals surface area (Å²) in [6.07, 6.45) is 1.84. The average molecular weight is 367 g/mol. The molecule has 7 heteroatoms. The molecule has 26 heavy (non-hydrogen) atoms. The molecule has 134 valence electrons. The van der Waals surface area contributed by atoms with Gasteiger partial charge in [0.2, 0.25) is 0 Å². The minimum Gasteiger partial charge on any atom is -0.354 e. The Kier molecular flexibility index (Phi) is 5.17. The summed E-state index contributed by atoms with van der Waals surface area (Å²) in [4.78, 5) is 28.7. The molecule has 0 amide bonds. The summed E-state index contributed by atoms with van der Waals surface area (Å²) < 4.78 is 0. The lowest BCUT2D eigenvalue weighted by atomic mass is 10.2. The quantitative estimate of drug-likeness (QED) is 0.551. The van der Waals surface area contributed by atoms with Crippen LogP contribution < -0.4 is 10.5 Å². The topological polar surface area (TPSA) is 65.1 Å². The summed E-state index contributed by atoms with van der Waals surface area (Å²) in [7, 11) is 0. The number of fused-ring (bicyclic) bond motifs is 1. The third-order valence-corrected chi connectivity index (χ3v) is 5.44. The highest BCUT2D eigenvalue weighted by Crippen LogP contribution is 2.16. The van der Waals surface area contributed by atoms with Crippen molar-refractivity contribution in [3.8, 4) is 0 Å². The monoisotopic (exact) mass is 367 g/mol. The zero-order valence-corrected chi connectivity index (χ0v) is 15.3. The summed E-state index contributed by atoms with van der Waals surface area (Å²) in [6, 6.07) is 13.5. The van der Waals surface area contributed by atoms with Crippen LogP contribution in [0.2, 0.25) is 0 Å². The van der Waals surface area contributed by atoms with E-state index < -0.39 is 0 Å². The second-order valence-corrected chi connectivity index (χ2v) is 7.34. The molecule has 1 aromatic carbocycles. The second-order valence-electron chi connectivity index (χ2n) is 6.25. The highest BCUT2D eigenvalue weighted by molar-refractivity contribution is 7.99. The Morgan fingerprint density at radius 3 is 2.65 bits per heavy atom. The van der Waals surface area contributed by atoms with Crippen molar-refractivity contribution in [3.63, 3.8) is 0 Å². The van der Waals surface area contributed by atoms with E-state index in [1.54, 1.807) is 17.8 Å². The lowest BCUT2D eigenvalue weighted by Gasteiger charge is -2.35. The SMILES string of the molecule is O=c1[nH]c(SCCN2CCN(c3ccccn3)CC2)nc2ccccc12. The smallest absolute Gasteiger partial charge is 0.259 e. The Hall–Kier alpha value is -2.38. The van der Waals surface area contributed by atoms with Gasteiger partial charge in [-0.3, -0.25) is 9.69 Å². The summed E-state index contributed by atoms with van der Waals surface area (Å²) in [6.45, 7) is 5.02. The molecule has 1 saturated heterocycles. The Morgan fingerprint density at radius 2 is 1.85 bits per heavy atom. The van der Waals surface area contributed by atoms with E-state index in [-0.39, 0.29) is 5.56 Å². The highest BCUT2D eigenvalue weighted by Gasteiger charge is 2.17. The molecule has 0 radical (unpaired) electrons. The van der Waals surface area contributed by atoms with Gasteiger partial charge in [-0.15, -0.1) is 0 Å². The van der Waals surface area contributed by atoms with Crippen molar-refractivity contribution in [3.05, 3.63) is 59.0 Å². The molecule has 1 N–H and O–H groups in total. The number of aromatic nitrogens is 3. The molecule has 1 aliphatic heterocycles. The van der Waals surface area contributed by atoms with Crippen LogP contribution in [0.3, 0.4) is 0 Å². The molecule has 6 nitrogen and oxygen atoms in total. The fourth-order valence-corrected chi connectivity index (χ4v) is 4.02. The number of hydrogen-bond donors (Lipinski definition) is 1. The van der Waals surface area contributed by atoms with Crippen LogP contribution in [-0.4, -0.2) is 58.3 Å². The molecule has 2 aromatic heterocycles. The normalized spacial score (nSPS) is 15.5. The molecule has 3 heterocycles. The van der Waals surface area contributed by atoms with Gasteiger partial charge in [-0.25, -0.2) is 9.97 Å². The zero-order chi connectivity index (χ0) is 17.8.